The number of nitrogens with two attached hydrogens (primary N) is 1. The Kier molecular flexibility index (Phi) is 4.61. The molecule has 22 heavy (non-hydrogen) atoms. The van der Waals surface area contributed by atoms with Gasteiger partial charge in [0.05, 0.1) is 6.04 Å². The molecule has 5 nitrogen and oxygen atoms in total. The lowest BCUT2D eigenvalue weighted by molar-refractivity contribution is -0.116. The molecule has 0 radical (unpaired) electrons. The average molecular weight is 301 g/mol. The van der Waals surface area contributed by atoms with Crippen LogP contribution in [0.3, 0.4) is 0 Å². The molecule has 0 bridgehead atoms. The largest absolute Gasteiger partial charge is 0.463 e. The summed E-state index contributed by atoms with van der Waals surface area (Å²) in [5, 5.41) is 2.96. The van der Waals surface area contributed by atoms with Gasteiger partial charge in [0.2, 0.25) is 5.91 Å². The number of benzene rings is 1. The number of hydrogen-bond donors (Lipinski definition) is 2. The first-order valence-electron chi connectivity index (χ1n) is 8.04. The van der Waals surface area contributed by atoms with E-state index in [-0.39, 0.29) is 11.9 Å². The van der Waals surface area contributed by atoms with E-state index in [9.17, 15) is 4.79 Å². The van der Waals surface area contributed by atoms with Crippen LogP contribution >= 0.6 is 0 Å². The zero-order chi connectivity index (χ0) is 15.4. The summed E-state index contributed by atoms with van der Waals surface area (Å²) in [5.41, 5.74) is 7.60. The molecule has 3 rings (SSSR count). The minimum Gasteiger partial charge on any atom is -0.463 e. The van der Waals surface area contributed by atoms with Crippen molar-refractivity contribution in [3.8, 4) is 0 Å². The van der Waals surface area contributed by atoms with E-state index in [2.05, 4.69) is 22.4 Å². The Labute approximate surface area is 130 Å². The molecule has 0 aromatic heterocycles. The molecule has 1 aromatic carbocycles. The van der Waals surface area contributed by atoms with Crippen LogP contribution in [0, 0.1) is 5.92 Å². The summed E-state index contributed by atoms with van der Waals surface area (Å²) in [6, 6.07) is 8.51. The molecule has 1 fully saturated rings. The molecule has 118 valence electrons. The third-order valence-electron chi connectivity index (χ3n) is 4.21. The number of aryl methyl sites for hydroxylation is 1. The summed E-state index contributed by atoms with van der Waals surface area (Å²) in [4.78, 5) is 16.0. The standard InChI is InChI=1S/C17H23N3O2/c18-17-20-15(11-22-17)9-5-13-3-7-14(8-4-13)19-16(21)10-6-12-1-2-12/h3-4,7-8,12,15H,1-2,5-6,9-11H2,(H2,18,20)(H,19,21). The second kappa shape index (κ2) is 6.81. The first-order valence-corrected chi connectivity index (χ1v) is 8.04. The second-order valence-corrected chi connectivity index (χ2v) is 6.20. The van der Waals surface area contributed by atoms with Crippen LogP contribution in [0.2, 0.25) is 0 Å². The number of nitrogens with zero attached hydrogens (tertiary/aromatic N) is 1. The molecule has 1 aromatic rings. The molecule has 1 heterocycles. The number of nitrogens with one attached hydrogen (secondary N) is 1. The van der Waals surface area contributed by atoms with E-state index in [1.807, 2.05) is 12.1 Å². The van der Waals surface area contributed by atoms with E-state index in [0.29, 0.717) is 19.0 Å². The van der Waals surface area contributed by atoms with Crippen molar-refractivity contribution in [1.82, 2.24) is 0 Å². The van der Waals surface area contributed by atoms with Crippen molar-refractivity contribution in [2.45, 2.75) is 44.6 Å². The summed E-state index contributed by atoms with van der Waals surface area (Å²) in [6.45, 7) is 0.584. The van der Waals surface area contributed by atoms with Crippen LogP contribution in [-0.4, -0.2) is 24.6 Å². The summed E-state index contributed by atoms with van der Waals surface area (Å²) in [7, 11) is 0. The summed E-state index contributed by atoms with van der Waals surface area (Å²) < 4.78 is 5.14. The van der Waals surface area contributed by atoms with Crippen LogP contribution in [0.25, 0.3) is 0 Å². The van der Waals surface area contributed by atoms with Crippen molar-refractivity contribution in [3.63, 3.8) is 0 Å². The van der Waals surface area contributed by atoms with Gasteiger partial charge in [-0.25, -0.2) is 4.99 Å². The van der Waals surface area contributed by atoms with E-state index < -0.39 is 0 Å². The van der Waals surface area contributed by atoms with Crippen LogP contribution < -0.4 is 11.1 Å². The van der Waals surface area contributed by atoms with Gasteiger partial charge in [-0.05, 0) is 42.9 Å². The lowest BCUT2D eigenvalue weighted by atomic mass is 10.1. The topological polar surface area (TPSA) is 76.7 Å². The molecule has 1 aliphatic carbocycles. The molecule has 0 spiro atoms. The summed E-state index contributed by atoms with van der Waals surface area (Å²) >= 11 is 0. The lowest BCUT2D eigenvalue weighted by Gasteiger charge is -2.08. The predicted molar refractivity (Wildman–Crippen MR) is 86.7 cm³/mol. The Bertz CT molecular complexity index is 550. The number of aliphatic imine (C=N–C) groups is 1. The normalized spacial score (nSPS) is 20.4. The van der Waals surface area contributed by atoms with Crippen molar-refractivity contribution in [3.05, 3.63) is 29.8 Å². The number of carbonyl (C=O) groups excluding carboxylic acids is 1. The van der Waals surface area contributed by atoms with Crippen LogP contribution in [0.15, 0.2) is 29.3 Å². The van der Waals surface area contributed by atoms with Crippen molar-refractivity contribution in [2.75, 3.05) is 11.9 Å². The smallest absolute Gasteiger partial charge is 0.282 e. The molecule has 1 aliphatic heterocycles. The molecule has 3 N–H and O–H groups in total. The van der Waals surface area contributed by atoms with E-state index in [1.165, 1.54) is 18.4 Å². The molecule has 1 saturated carbocycles. The molecular formula is C17H23N3O2. The number of ether oxygens (including phenoxy) is 1. The van der Waals surface area contributed by atoms with Crippen LogP contribution in [0.4, 0.5) is 5.69 Å². The minimum atomic E-state index is 0.118. The van der Waals surface area contributed by atoms with E-state index in [1.54, 1.807) is 0 Å². The van der Waals surface area contributed by atoms with Gasteiger partial charge in [0.25, 0.3) is 6.02 Å². The van der Waals surface area contributed by atoms with Crippen LogP contribution in [-0.2, 0) is 16.0 Å². The third-order valence-corrected chi connectivity index (χ3v) is 4.21. The first kappa shape index (κ1) is 14.9. The fraction of sp³-hybridized carbons (Fsp3) is 0.529. The highest BCUT2D eigenvalue weighted by atomic mass is 16.5. The fourth-order valence-electron chi connectivity index (χ4n) is 2.64. The van der Waals surface area contributed by atoms with Gasteiger partial charge >= 0.3 is 0 Å². The molecule has 1 unspecified atom stereocenters. The third kappa shape index (κ3) is 4.48. The molecule has 1 atom stereocenters. The quantitative estimate of drug-likeness (QED) is 0.812. The number of amidine groups is 1. The maximum atomic E-state index is 11.8. The van der Waals surface area contributed by atoms with Crippen molar-refractivity contribution in [2.24, 2.45) is 16.6 Å². The zero-order valence-electron chi connectivity index (χ0n) is 12.8. The monoisotopic (exact) mass is 301 g/mol. The van der Waals surface area contributed by atoms with Gasteiger partial charge in [0.15, 0.2) is 0 Å². The highest BCUT2D eigenvalue weighted by molar-refractivity contribution is 5.90. The maximum Gasteiger partial charge on any atom is 0.282 e. The second-order valence-electron chi connectivity index (χ2n) is 6.20. The average Bonchev–Trinajstić information content (AvgIpc) is 3.26. The van der Waals surface area contributed by atoms with E-state index >= 15 is 0 Å². The van der Waals surface area contributed by atoms with Gasteiger partial charge in [-0.15, -0.1) is 0 Å². The van der Waals surface area contributed by atoms with Crippen molar-refractivity contribution in [1.29, 1.82) is 0 Å². The molecule has 5 heteroatoms. The Morgan fingerprint density at radius 3 is 2.68 bits per heavy atom. The highest BCUT2D eigenvalue weighted by Gasteiger charge is 2.21. The van der Waals surface area contributed by atoms with E-state index in [4.69, 9.17) is 10.5 Å². The van der Waals surface area contributed by atoms with Gasteiger partial charge in [0.1, 0.15) is 6.61 Å². The number of hydrogen-bond acceptors (Lipinski definition) is 4. The molecular weight excluding hydrogens is 278 g/mol. The number of amides is 1. The predicted octanol–water partition coefficient (Wildman–Crippen LogP) is 2.46. The van der Waals surface area contributed by atoms with Crippen LogP contribution in [0.5, 0.6) is 0 Å². The molecule has 2 aliphatic rings. The SMILES string of the molecule is NC1=NC(CCc2ccc(NC(=O)CCC3CC3)cc2)CO1. The summed E-state index contributed by atoms with van der Waals surface area (Å²) in [6.07, 6.45) is 6.10. The highest BCUT2D eigenvalue weighted by Crippen LogP contribution is 2.33. The molecule has 0 saturated heterocycles. The summed E-state index contributed by atoms with van der Waals surface area (Å²) in [5.74, 6) is 0.914. The maximum absolute atomic E-state index is 11.8. The molecule has 1 amide bonds. The van der Waals surface area contributed by atoms with Gasteiger partial charge in [-0.3, -0.25) is 4.79 Å². The van der Waals surface area contributed by atoms with Gasteiger partial charge in [-0.1, -0.05) is 25.0 Å². The fourth-order valence-corrected chi connectivity index (χ4v) is 2.64. The minimum absolute atomic E-state index is 0.118. The van der Waals surface area contributed by atoms with Gasteiger partial charge in [-0.2, -0.15) is 0 Å². The van der Waals surface area contributed by atoms with Gasteiger partial charge in [0, 0.05) is 12.1 Å². The number of rotatable bonds is 7. The Hall–Kier alpha value is -2.04. The first-order chi connectivity index (χ1) is 10.7. The Morgan fingerprint density at radius 1 is 1.27 bits per heavy atom. The zero-order valence-corrected chi connectivity index (χ0v) is 12.8. The van der Waals surface area contributed by atoms with Gasteiger partial charge < -0.3 is 15.8 Å². The Balaban J connectivity index is 1.42. The van der Waals surface area contributed by atoms with Crippen molar-refractivity contribution < 1.29 is 9.53 Å². The number of anilines is 1. The van der Waals surface area contributed by atoms with E-state index in [0.717, 1.165) is 30.9 Å². The number of carbonyl (C=O) groups is 1. The van der Waals surface area contributed by atoms with Crippen molar-refractivity contribution >= 4 is 17.6 Å². The van der Waals surface area contributed by atoms with Crippen LogP contribution in [0.1, 0.15) is 37.7 Å². The lowest BCUT2D eigenvalue weighted by Crippen LogP contribution is -2.11. The Morgan fingerprint density at radius 2 is 2.05 bits per heavy atom.